The molecule has 0 spiro atoms. The van der Waals surface area contributed by atoms with E-state index in [1.165, 1.54) is 0 Å². The molecule has 1 aromatic carbocycles. The van der Waals surface area contributed by atoms with E-state index in [1.807, 2.05) is 43.6 Å². The number of para-hydroxylation sites is 1. The van der Waals surface area contributed by atoms with Crippen molar-refractivity contribution in [3.8, 4) is 0 Å². The smallest absolute Gasteiger partial charge is 0.229 e. The summed E-state index contributed by atoms with van der Waals surface area (Å²) in [7, 11) is 3.54. The van der Waals surface area contributed by atoms with Gasteiger partial charge in [-0.3, -0.25) is 0 Å². The van der Waals surface area contributed by atoms with Crippen LogP contribution >= 0.6 is 0 Å². The molecule has 0 atom stereocenters. The van der Waals surface area contributed by atoms with E-state index in [1.54, 1.807) is 7.11 Å². The lowest BCUT2D eigenvalue weighted by molar-refractivity contribution is 0.202. The fourth-order valence-electron chi connectivity index (χ4n) is 1.73. The Hall–Kier alpha value is -2.14. The molecule has 19 heavy (non-hydrogen) atoms. The van der Waals surface area contributed by atoms with Gasteiger partial charge in [-0.2, -0.15) is 4.98 Å². The molecule has 0 aliphatic rings. The number of nitrogens with zero attached hydrogens (tertiary/aromatic N) is 2. The number of hydrogen-bond donors (Lipinski definition) is 2. The van der Waals surface area contributed by atoms with E-state index in [0.717, 1.165) is 23.5 Å². The number of methoxy groups -OCH3 is 1. The van der Waals surface area contributed by atoms with Gasteiger partial charge in [0, 0.05) is 38.0 Å². The highest BCUT2D eigenvalue weighted by atomic mass is 16.5. The van der Waals surface area contributed by atoms with Crippen molar-refractivity contribution in [2.24, 2.45) is 0 Å². The minimum Gasteiger partial charge on any atom is -0.384 e. The number of nitrogens with one attached hydrogen (secondary N) is 2. The molecule has 0 saturated heterocycles. The van der Waals surface area contributed by atoms with E-state index < -0.39 is 0 Å². The van der Waals surface area contributed by atoms with Crippen LogP contribution in [0.3, 0.4) is 0 Å². The number of hydrogen-bond acceptors (Lipinski definition) is 5. The number of rotatable bonds is 6. The van der Waals surface area contributed by atoms with Crippen LogP contribution in [0, 0.1) is 0 Å². The Kier molecular flexibility index (Phi) is 4.69. The van der Waals surface area contributed by atoms with Gasteiger partial charge in [0.2, 0.25) is 5.95 Å². The molecule has 0 unspecified atom stereocenters. The highest BCUT2D eigenvalue weighted by Gasteiger charge is 2.06. The molecular weight excluding hydrogens is 240 g/mol. The van der Waals surface area contributed by atoms with Gasteiger partial charge in [-0.25, -0.2) is 4.98 Å². The maximum absolute atomic E-state index is 5.07. The molecular formula is C14H18N4O. The third-order valence-corrected chi connectivity index (χ3v) is 2.71. The van der Waals surface area contributed by atoms with Gasteiger partial charge in [-0.15, -0.1) is 0 Å². The fourth-order valence-corrected chi connectivity index (χ4v) is 1.73. The standard InChI is InChI=1S/C14H18N4O/c1-15-13-11(8-9-19-2)10-16-14(18-13)17-12-6-4-3-5-7-12/h3-7,10H,8-9H2,1-2H3,(H2,15,16,17,18). The third kappa shape index (κ3) is 3.66. The number of benzene rings is 1. The van der Waals surface area contributed by atoms with Gasteiger partial charge in [-0.05, 0) is 12.1 Å². The first kappa shape index (κ1) is 13.3. The molecule has 0 radical (unpaired) electrons. The molecule has 0 fully saturated rings. The van der Waals surface area contributed by atoms with Crippen molar-refractivity contribution in [3.05, 3.63) is 42.1 Å². The number of aromatic nitrogens is 2. The van der Waals surface area contributed by atoms with Gasteiger partial charge < -0.3 is 15.4 Å². The average Bonchev–Trinajstić information content (AvgIpc) is 2.47. The first-order valence-electron chi connectivity index (χ1n) is 6.18. The molecule has 0 amide bonds. The van der Waals surface area contributed by atoms with Crippen LogP contribution in [0.25, 0.3) is 0 Å². The first-order valence-corrected chi connectivity index (χ1v) is 6.18. The summed E-state index contributed by atoms with van der Waals surface area (Å²) in [5.41, 5.74) is 2.01. The summed E-state index contributed by atoms with van der Waals surface area (Å²) < 4.78 is 5.07. The molecule has 0 bridgehead atoms. The van der Waals surface area contributed by atoms with Crippen LogP contribution in [0.15, 0.2) is 36.5 Å². The topological polar surface area (TPSA) is 59.1 Å². The Labute approximate surface area is 113 Å². The summed E-state index contributed by atoms with van der Waals surface area (Å²) in [6, 6.07) is 9.85. The largest absolute Gasteiger partial charge is 0.384 e. The summed E-state index contributed by atoms with van der Waals surface area (Å²) in [6.07, 6.45) is 2.61. The molecule has 2 aromatic rings. The zero-order valence-corrected chi connectivity index (χ0v) is 11.2. The van der Waals surface area contributed by atoms with E-state index >= 15 is 0 Å². The van der Waals surface area contributed by atoms with Crippen LogP contribution in [-0.2, 0) is 11.2 Å². The summed E-state index contributed by atoms with van der Waals surface area (Å²) in [5, 5.41) is 6.25. The van der Waals surface area contributed by atoms with Crippen molar-refractivity contribution in [1.29, 1.82) is 0 Å². The monoisotopic (exact) mass is 258 g/mol. The Morgan fingerprint density at radius 3 is 2.68 bits per heavy atom. The normalized spacial score (nSPS) is 10.2. The molecule has 0 aliphatic carbocycles. The second kappa shape index (κ2) is 6.70. The van der Waals surface area contributed by atoms with Crippen molar-refractivity contribution in [2.75, 3.05) is 31.4 Å². The van der Waals surface area contributed by atoms with Crippen molar-refractivity contribution in [2.45, 2.75) is 6.42 Å². The maximum Gasteiger partial charge on any atom is 0.229 e. The second-order valence-electron chi connectivity index (χ2n) is 4.05. The molecule has 5 heteroatoms. The van der Waals surface area contributed by atoms with E-state index in [0.29, 0.717) is 12.6 Å². The average molecular weight is 258 g/mol. The number of ether oxygens (including phenoxy) is 1. The quantitative estimate of drug-likeness (QED) is 0.833. The van der Waals surface area contributed by atoms with Crippen LogP contribution in [-0.4, -0.2) is 30.7 Å². The van der Waals surface area contributed by atoms with Crippen LogP contribution in [0.2, 0.25) is 0 Å². The van der Waals surface area contributed by atoms with E-state index in [-0.39, 0.29) is 0 Å². The summed E-state index contributed by atoms with van der Waals surface area (Å²) in [4.78, 5) is 8.77. The van der Waals surface area contributed by atoms with Crippen molar-refractivity contribution in [1.82, 2.24) is 9.97 Å². The molecule has 1 heterocycles. The van der Waals surface area contributed by atoms with E-state index in [9.17, 15) is 0 Å². The Balaban J connectivity index is 2.14. The zero-order valence-electron chi connectivity index (χ0n) is 11.2. The van der Waals surface area contributed by atoms with E-state index in [2.05, 4.69) is 20.6 Å². The second-order valence-corrected chi connectivity index (χ2v) is 4.05. The highest BCUT2D eigenvalue weighted by molar-refractivity contribution is 5.55. The molecule has 100 valence electrons. The third-order valence-electron chi connectivity index (χ3n) is 2.71. The predicted octanol–water partition coefficient (Wildman–Crippen LogP) is 2.45. The SMILES string of the molecule is CNc1nc(Nc2ccccc2)ncc1CCOC. The van der Waals surface area contributed by atoms with Gasteiger partial charge in [-0.1, -0.05) is 18.2 Å². The van der Waals surface area contributed by atoms with Crippen LogP contribution in [0.5, 0.6) is 0 Å². The molecule has 0 saturated carbocycles. The van der Waals surface area contributed by atoms with Crippen LogP contribution in [0.4, 0.5) is 17.5 Å². The van der Waals surface area contributed by atoms with Crippen molar-refractivity contribution < 1.29 is 4.74 Å². The van der Waals surface area contributed by atoms with Crippen LogP contribution in [0.1, 0.15) is 5.56 Å². The maximum atomic E-state index is 5.07. The number of anilines is 3. The Morgan fingerprint density at radius 1 is 1.21 bits per heavy atom. The predicted molar refractivity (Wildman–Crippen MR) is 76.9 cm³/mol. The summed E-state index contributed by atoms with van der Waals surface area (Å²) >= 11 is 0. The molecule has 2 rings (SSSR count). The molecule has 5 nitrogen and oxygen atoms in total. The lowest BCUT2D eigenvalue weighted by atomic mass is 10.2. The molecule has 0 aliphatic heterocycles. The van der Waals surface area contributed by atoms with Gasteiger partial charge >= 0.3 is 0 Å². The minimum absolute atomic E-state index is 0.580. The lowest BCUT2D eigenvalue weighted by Gasteiger charge is -2.10. The lowest BCUT2D eigenvalue weighted by Crippen LogP contribution is -2.06. The Bertz CT molecular complexity index is 516. The first-order chi connectivity index (χ1) is 9.33. The molecule has 2 N–H and O–H groups in total. The van der Waals surface area contributed by atoms with Gasteiger partial charge in [0.25, 0.3) is 0 Å². The van der Waals surface area contributed by atoms with Crippen molar-refractivity contribution >= 4 is 17.5 Å². The van der Waals surface area contributed by atoms with Gasteiger partial charge in [0.15, 0.2) is 0 Å². The van der Waals surface area contributed by atoms with Crippen molar-refractivity contribution in [3.63, 3.8) is 0 Å². The fraction of sp³-hybridized carbons (Fsp3) is 0.286. The highest BCUT2D eigenvalue weighted by Crippen LogP contribution is 2.17. The summed E-state index contributed by atoms with van der Waals surface area (Å²) in [6.45, 7) is 0.656. The van der Waals surface area contributed by atoms with Gasteiger partial charge in [0.1, 0.15) is 5.82 Å². The van der Waals surface area contributed by atoms with Gasteiger partial charge in [0.05, 0.1) is 6.61 Å². The van der Waals surface area contributed by atoms with Crippen LogP contribution < -0.4 is 10.6 Å². The van der Waals surface area contributed by atoms with E-state index in [4.69, 9.17) is 4.74 Å². The summed E-state index contributed by atoms with van der Waals surface area (Å²) in [5.74, 6) is 1.40. The zero-order chi connectivity index (χ0) is 13.5. The minimum atomic E-state index is 0.580. The molecule has 1 aromatic heterocycles. The Morgan fingerprint density at radius 2 is 2.00 bits per heavy atom.